The van der Waals surface area contributed by atoms with E-state index in [1.807, 2.05) is 0 Å². The van der Waals surface area contributed by atoms with E-state index >= 15 is 0 Å². The number of nitrogens with zero attached hydrogens (tertiary/aromatic N) is 1. The lowest BCUT2D eigenvalue weighted by molar-refractivity contribution is -0.117. The van der Waals surface area contributed by atoms with Gasteiger partial charge in [0.1, 0.15) is 11.6 Å². The highest BCUT2D eigenvalue weighted by Crippen LogP contribution is 2.22. The molecule has 0 fully saturated rings. The van der Waals surface area contributed by atoms with E-state index in [2.05, 4.69) is 0 Å². The van der Waals surface area contributed by atoms with Crippen LogP contribution in [0.25, 0.3) is 0 Å². The molecule has 0 aromatic carbocycles. The Morgan fingerprint density at radius 3 is 2.44 bits per heavy atom. The number of methoxy groups -OCH3 is 1. The van der Waals surface area contributed by atoms with Crippen molar-refractivity contribution in [3.05, 3.63) is 12.0 Å². The molecular weight excluding hydrogens is 210 g/mol. The maximum atomic E-state index is 11.8. The molecule has 90 valence electrons. The first-order chi connectivity index (χ1) is 7.26. The lowest BCUT2D eigenvalue weighted by Crippen LogP contribution is -2.41. The molecule has 16 heavy (non-hydrogen) atoms. The van der Waals surface area contributed by atoms with Crippen molar-refractivity contribution in [2.75, 3.05) is 7.11 Å². The minimum Gasteiger partial charge on any atom is -0.482 e. The lowest BCUT2D eigenvalue weighted by atomic mass is 10.2. The van der Waals surface area contributed by atoms with Gasteiger partial charge in [0.25, 0.3) is 0 Å². The number of hydrogen-bond donors (Lipinski definition) is 0. The van der Waals surface area contributed by atoms with Crippen LogP contribution >= 0.6 is 0 Å². The molecule has 0 spiro atoms. The molecule has 0 bridgehead atoms. The highest BCUT2D eigenvalue weighted by Gasteiger charge is 2.37. The molecule has 1 amide bonds. The second-order valence-electron chi connectivity index (χ2n) is 4.62. The maximum absolute atomic E-state index is 11.8. The van der Waals surface area contributed by atoms with Gasteiger partial charge < -0.3 is 9.47 Å². The summed E-state index contributed by atoms with van der Waals surface area (Å²) in [6.45, 7) is 6.94. The Hall–Kier alpha value is -1.52. The van der Waals surface area contributed by atoms with Crippen LogP contribution in [0.1, 0.15) is 27.7 Å². The molecule has 1 rings (SSSR count). The molecule has 0 aromatic rings. The summed E-state index contributed by atoms with van der Waals surface area (Å²) < 4.78 is 10.2. The number of ketones is 1. The summed E-state index contributed by atoms with van der Waals surface area (Å²) in [6, 6.07) is -0.565. The second-order valence-corrected chi connectivity index (χ2v) is 4.62. The summed E-state index contributed by atoms with van der Waals surface area (Å²) in [6.07, 6.45) is 0.730. The predicted octanol–water partition coefficient (Wildman–Crippen LogP) is 1.68. The van der Waals surface area contributed by atoms with Crippen molar-refractivity contribution in [1.82, 2.24) is 4.90 Å². The van der Waals surface area contributed by atoms with E-state index in [1.165, 1.54) is 18.1 Å². The Labute approximate surface area is 95.0 Å². The van der Waals surface area contributed by atoms with Crippen LogP contribution in [-0.4, -0.2) is 35.5 Å². The van der Waals surface area contributed by atoms with Gasteiger partial charge in [0.15, 0.2) is 5.78 Å². The fourth-order valence-electron chi connectivity index (χ4n) is 1.35. The molecule has 0 radical (unpaired) electrons. The van der Waals surface area contributed by atoms with Crippen LogP contribution in [0.15, 0.2) is 12.0 Å². The van der Waals surface area contributed by atoms with E-state index in [4.69, 9.17) is 9.47 Å². The number of hydrogen-bond acceptors (Lipinski definition) is 4. The zero-order chi connectivity index (χ0) is 12.5. The Morgan fingerprint density at radius 1 is 1.44 bits per heavy atom. The number of carbonyl (C=O) groups is 2. The van der Waals surface area contributed by atoms with Crippen LogP contribution in [0.5, 0.6) is 0 Å². The Morgan fingerprint density at radius 2 is 2.00 bits per heavy atom. The molecule has 5 nitrogen and oxygen atoms in total. The SMILES string of the molecule is COC1=CC(=O)C(C)N1C(=O)OC(C)(C)C. The highest BCUT2D eigenvalue weighted by atomic mass is 16.6. The standard InChI is InChI=1S/C11H17NO4/c1-7-8(13)6-9(15-5)12(7)10(14)16-11(2,3)4/h6-7H,1-5H3. The first kappa shape index (κ1) is 12.5. The highest BCUT2D eigenvalue weighted by molar-refractivity contribution is 6.00. The Balaban J connectivity index is 2.83. The summed E-state index contributed by atoms with van der Waals surface area (Å²) in [5, 5.41) is 0. The Kier molecular flexibility index (Phi) is 3.26. The van der Waals surface area contributed by atoms with Gasteiger partial charge in [-0.2, -0.15) is 0 Å². The zero-order valence-corrected chi connectivity index (χ0v) is 10.2. The van der Waals surface area contributed by atoms with Gasteiger partial charge >= 0.3 is 6.09 Å². The van der Waals surface area contributed by atoms with Crippen LogP contribution in [0, 0.1) is 0 Å². The molecule has 5 heteroatoms. The molecule has 1 unspecified atom stereocenters. The van der Waals surface area contributed by atoms with Crippen LogP contribution in [0.3, 0.4) is 0 Å². The van der Waals surface area contributed by atoms with Gasteiger partial charge in [-0.1, -0.05) is 0 Å². The fourth-order valence-corrected chi connectivity index (χ4v) is 1.35. The number of rotatable bonds is 1. The predicted molar refractivity (Wildman–Crippen MR) is 57.6 cm³/mol. The van der Waals surface area contributed by atoms with E-state index in [1.54, 1.807) is 27.7 Å². The third-order valence-electron chi connectivity index (χ3n) is 2.10. The van der Waals surface area contributed by atoms with Gasteiger partial charge in [-0.25, -0.2) is 9.69 Å². The van der Waals surface area contributed by atoms with E-state index in [0.29, 0.717) is 0 Å². The van der Waals surface area contributed by atoms with Crippen LogP contribution < -0.4 is 0 Å². The molecular formula is C11H17NO4. The third kappa shape index (κ3) is 2.53. The van der Waals surface area contributed by atoms with Crippen LogP contribution in [0.4, 0.5) is 4.79 Å². The van der Waals surface area contributed by atoms with Gasteiger partial charge in [0, 0.05) is 6.08 Å². The average Bonchev–Trinajstić information content (AvgIpc) is 2.40. The normalized spacial score (nSPS) is 20.8. The van der Waals surface area contributed by atoms with Crippen molar-refractivity contribution >= 4 is 11.9 Å². The quantitative estimate of drug-likeness (QED) is 0.684. The van der Waals surface area contributed by atoms with Crippen molar-refractivity contribution in [2.45, 2.75) is 39.3 Å². The van der Waals surface area contributed by atoms with Crippen LogP contribution in [-0.2, 0) is 14.3 Å². The minimum absolute atomic E-state index is 0.164. The molecule has 1 aliphatic rings. The molecule has 0 aromatic heterocycles. The molecule has 1 aliphatic heterocycles. The largest absolute Gasteiger partial charge is 0.482 e. The fraction of sp³-hybridized carbons (Fsp3) is 0.636. The summed E-state index contributed by atoms with van der Waals surface area (Å²) >= 11 is 0. The minimum atomic E-state index is -0.596. The topological polar surface area (TPSA) is 55.8 Å². The molecule has 1 atom stereocenters. The molecule has 0 aliphatic carbocycles. The second kappa shape index (κ2) is 4.15. The summed E-state index contributed by atoms with van der Waals surface area (Å²) in [5.41, 5.74) is -0.596. The van der Waals surface area contributed by atoms with Crippen molar-refractivity contribution < 1.29 is 19.1 Å². The van der Waals surface area contributed by atoms with Crippen LogP contribution in [0.2, 0.25) is 0 Å². The summed E-state index contributed by atoms with van der Waals surface area (Å²) in [5.74, 6) is 0.0643. The summed E-state index contributed by atoms with van der Waals surface area (Å²) in [7, 11) is 1.41. The van der Waals surface area contributed by atoms with Gasteiger partial charge in [-0.15, -0.1) is 0 Å². The average molecular weight is 227 g/mol. The van der Waals surface area contributed by atoms with Crippen molar-refractivity contribution in [3.63, 3.8) is 0 Å². The van der Waals surface area contributed by atoms with Gasteiger partial charge in [-0.05, 0) is 27.7 Å². The number of amides is 1. The van der Waals surface area contributed by atoms with Gasteiger partial charge in [0.2, 0.25) is 5.88 Å². The first-order valence-corrected chi connectivity index (χ1v) is 5.08. The van der Waals surface area contributed by atoms with E-state index in [-0.39, 0.29) is 11.7 Å². The monoisotopic (exact) mass is 227 g/mol. The van der Waals surface area contributed by atoms with Crippen molar-refractivity contribution in [1.29, 1.82) is 0 Å². The first-order valence-electron chi connectivity index (χ1n) is 5.08. The molecule has 0 saturated carbocycles. The summed E-state index contributed by atoms with van der Waals surface area (Å²) in [4.78, 5) is 24.5. The smallest absolute Gasteiger partial charge is 0.417 e. The Bertz CT molecular complexity index is 340. The maximum Gasteiger partial charge on any atom is 0.417 e. The lowest BCUT2D eigenvalue weighted by Gasteiger charge is -2.27. The third-order valence-corrected chi connectivity index (χ3v) is 2.10. The molecule has 1 heterocycles. The van der Waals surface area contributed by atoms with Crippen molar-refractivity contribution in [3.8, 4) is 0 Å². The van der Waals surface area contributed by atoms with Gasteiger partial charge in [-0.3, -0.25) is 4.79 Å². The zero-order valence-electron chi connectivity index (χ0n) is 10.2. The van der Waals surface area contributed by atoms with E-state index in [0.717, 1.165) is 0 Å². The number of ether oxygens (including phenoxy) is 2. The number of carbonyl (C=O) groups excluding carboxylic acids is 2. The van der Waals surface area contributed by atoms with E-state index < -0.39 is 17.7 Å². The van der Waals surface area contributed by atoms with Crippen molar-refractivity contribution in [2.24, 2.45) is 0 Å². The van der Waals surface area contributed by atoms with Gasteiger partial charge in [0.05, 0.1) is 7.11 Å². The molecule has 0 saturated heterocycles. The molecule has 0 N–H and O–H groups in total. The van der Waals surface area contributed by atoms with E-state index in [9.17, 15) is 9.59 Å².